The van der Waals surface area contributed by atoms with Crippen LogP contribution >= 0.6 is 24.0 Å². The highest BCUT2D eigenvalue weighted by Crippen LogP contribution is 2.21. The van der Waals surface area contributed by atoms with Crippen LogP contribution in [0.25, 0.3) is 0 Å². The number of hydrogen-bond donors (Lipinski definition) is 2. The Kier molecular flexibility index (Phi) is 12.4. The van der Waals surface area contributed by atoms with Crippen LogP contribution in [0.3, 0.4) is 0 Å². The van der Waals surface area contributed by atoms with Crippen molar-refractivity contribution in [3.63, 3.8) is 0 Å². The van der Waals surface area contributed by atoms with E-state index >= 15 is 0 Å². The van der Waals surface area contributed by atoms with Crippen molar-refractivity contribution in [3.8, 4) is 5.75 Å². The fourth-order valence-electron chi connectivity index (χ4n) is 2.99. The highest BCUT2D eigenvalue weighted by molar-refractivity contribution is 14.0. The topological polar surface area (TPSA) is 54.9 Å². The minimum Gasteiger partial charge on any atom is -0.497 e. The molecule has 0 saturated carbocycles. The van der Waals surface area contributed by atoms with E-state index in [0.717, 1.165) is 37.8 Å². The zero-order chi connectivity index (χ0) is 20.2. The fourth-order valence-corrected chi connectivity index (χ4v) is 2.99. The summed E-state index contributed by atoms with van der Waals surface area (Å²) in [6.45, 7) is 7.19. The van der Waals surface area contributed by atoms with Gasteiger partial charge in [-0.2, -0.15) is 0 Å². The lowest BCUT2D eigenvalue weighted by atomic mass is 9.98. The molecule has 0 saturated heterocycles. The number of halogens is 1. The number of rotatable bonds is 10. The maximum Gasteiger partial charge on any atom is 0.191 e. The van der Waals surface area contributed by atoms with Crippen molar-refractivity contribution in [1.82, 2.24) is 10.6 Å². The Morgan fingerprint density at radius 3 is 2.34 bits per heavy atom. The first kappa shape index (κ1) is 25.2. The van der Waals surface area contributed by atoms with E-state index in [2.05, 4.69) is 52.9 Å². The molecule has 0 aliphatic heterocycles. The van der Waals surface area contributed by atoms with Crippen LogP contribution in [0, 0.1) is 0 Å². The van der Waals surface area contributed by atoms with Crippen LogP contribution in [0.5, 0.6) is 5.75 Å². The summed E-state index contributed by atoms with van der Waals surface area (Å²) in [7, 11) is 3.49. The molecule has 0 spiro atoms. The Bertz CT molecular complexity index is 735. The monoisotopic (exact) mass is 511 g/mol. The largest absolute Gasteiger partial charge is 0.497 e. The van der Waals surface area contributed by atoms with E-state index in [-0.39, 0.29) is 24.0 Å². The second-order valence-electron chi connectivity index (χ2n) is 6.72. The summed E-state index contributed by atoms with van der Waals surface area (Å²) in [6, 6.07) is 16.6. The van der Waals surface area contributed by atoms with Crippen molar-refractivity contribution in [2.45, 2.75) is 39.3 Å². The number of hydrogen-bond acceptors (Lipinski definition) is 3. The van der Waals surface area contributed by atoms with Gasteiger partial charge in [0, 0.05) is 26.7 Å². The molecule has 0 aromatic heterocycles. The van der Waals surface area contributed by atoms with Gasteiger partial charge in [-0.05, 0) is 48.1 Å². The molecule has 1 atom stereocenters. The SMILES string of the molecule is CCOCc1ccccc1CNC(=NC)NCCC(C)c1ccc(OC)cc1.I. The molecule has 2 aromatic carbocycles. The fraction of sp³-hybridized carbons (Fsp3) is 0.435. The van der Waals surface area contributed by atoms with Gasteiger partial charge in [0.2, 0.25) is 0 Å². The molecule has 6 heteroatoms. The van der Waals surface area contributed by atoms with Crippen molar-refractivity contribution >= 4 is 29.9 Å². The maximum atomic E-state index is 5.56. The summed E-state index contributed by atoms with van der Waals surface area (Å²) in [4.78, 5) is 4.33. The van der Waals surface area contributed by atoms with E-state index in [1.54, 1.807) is 14.2 Å². The average molecular weight is 511 g/mol. The lowest BCUT2D eigenvalue weighted by Crippen LogP contribution is -2.37. The predicted octanol–water partition coefficient (Wildman–Crippen LogP) is 4.71. The highest BCUT2D eigenvalue weighted by atomic mass is 127. The van der Waals surface area contributed by atoms with Crippen molar-refractivity contribution in [2.24, 2.45) is 4.99 Å². The molecule has 5 nitrogen and oxygen atoms in total. The molecule has 160 valence electrons. The van der Waals surface area contributed by atoms with Crippen molar-refractivity contribution in [2.75, 3.05) is 27.3 Å². The lowest BCUT2D eigenvalue weighted by Gasteiger charge is -2.16. The summed E-state index contributed by atoms with van der Waals surface area (Å²) >= 11 is 0. The third-order valence-electron chi connectivity index (χ3n) is 4.80. The van der Waals surface area contributed by atoms with Gasteiger partial charge in [0.25, 0.3) is 0 Å². The third kappa shape index (κ3) is 8.62. The third-order valence-corrected chi connectivity index (χ3v) is 4.80. The molecule has 0 aliphatic carbocycles. The van der Waals surface area contributed by atoms with Crippen LogP contribution in [0.1, 0.15) is 42.9 Å². The average Bonchev–Trinajstić information content (AvgIpc) is 2.75. The van der Waals surface area contributed by atoms with Gasteiger partial charge >= 0.3 is 0 Å². The number of nitrogens with zero attached hydrogens (tertiary/aromatic N) is 1. The minimum atomic E-state index is 0. The molecule has 0 aliphatic rings. The summed E-state index contributed by atoms with van der Waals surface area (Å²) in [5.74, 6) is 2.17. The first-order valence-corrected chi connectivity index (χ1v) is 9.90. The molecule has 2 N–H and O–H groups in total. The zero-order valence-electron chi connectivity index (χ0n) is 17.9. The molecule has 0 heterocycles. The minimum absolute atomic E-state index is 0. The van der Waals surface area contributed by atoms with E-state index < -0.39 is 0 Å². The molecule has 2 rings (SSSR count). The first-order chi connectivity index (χ1) is 13.7. The molecule has 0 fully saturated rings. The van der Waals surface area contributed by atoms with Crippen molar-refractivity contribution < 1.29 is 9.47 Å². The number of ether oxygens (including phenoxy) is 2. The quantitative estimate of drug-likeness (QED) is 0.276. The Morgan fingerprint density at radius 1 is 1.03 bits per heavy atom. The maximum absolute atomic E-state index is 5.56. The Morgan fingerprint density at radius 2 is 1.72 bits per heavy atom. The van der Waals surface area contributed by atoms with Gasteiger partial charge in [0.05, 0.1) is 13.7 Å². The Hall–Kier alpha value is -1.80. The molecule has 0 bridgehead atoms. The van der Waals surface area contributed by atoms with Crippen molar-refractivity contribution in [3.05, 3.63) is 65.2 Å². The van der Waals surface area contributed by atoms with Crippen LogP contribution in [0.15, 0.2) is 53.5 Å². The lowest BCUT2D eigenvalue weighted by molar-refractivity contribution is 0.133. The van der Waals surface area contributed by atoms with E-state index in [1.165, 1.54) is 16.7 Å². The van der Waals surface area contributed by atoms with Crippen LogP contribution in [0.2, 0.25) is 0 Å². The van der Waals surface area contributed by atoms with Gasteiger partial charge in [0.1, 0.15) is 5.75 Å². The van der Waals surface area contributed by atoms with Crippen LogP contribution in [-0.2, 0) is 17.9 Å². The molecule has 0 radical (unpaired) electrons. The van der Waals surface area contributed by atoms with Gasteiger partial charge in [-0.1, -0.05) is 43.3 Å². The molecular formula is C23H34IN3O2. The van der Waals surface area contributed by atoms with E-state index in [9.17, 15) is 0 Å². The van der Waals surface area contributed by atoms with Gasteiger partial charge in [-0.3, -0.25) is 4.99 Å². The van der Waals surface area contributed by atoms with Crippen molar-refractivity contribution in [1.29, 1.82) is 0 Å². The van der Waals surface area contributed by atoms with Gasteiger partial charge in [0.15, 0.2) is 5.96 Å². The summed E-state index contributed by atoms with van der Waals surface area (Å²) in [5, 5.41) is 6.81. The number of methoxy groups -OCH3 is 1. The zero-order valence-corrected chi connectivity index (χ0v) is 20.2. The van der Waals surface area contributed by atoms with Gasteiger partial charge in [-0.25, -0.2) is 0 Å². The van der Waals surface area contributed by atoms with Crippen LogP contribution < -0.4 is 15.4 Å². The Labute approximate surface area is 192 Å². The molecule has 29 heavy (non-hydrogen) atoms. The van der Waals surface area contributed by atoms with E-state index in [1.807, 2.05) is 25.1 Å². The number of nitrogens with one attached hydrogen (secondary N) is 2. The summed E-state index contributed by atoms with van der Waals surface area (Å²) < 4.78 is 10.8. The Balaban J connectivity index is 0.00000420. The number of guanidine groups is 1. The van der Waals surface area contributed by atoms with E-state index in [0.29, 0.717) is 12.5 Å². The normalized spacial score (nSPS) is 12.1. The molecule has 1 unspecified atom stereocenters. The second-order valence-corrected chi connectivity index (χ2v) is 6.72. The number of benzene rings is 2. The standard InChI is InChI=1S/C23H33N3O2.HI/c1-5-28-17-21-9-7-6-8-20(21)16-26-23(24-3)25-15-14-18(2)19-10-12-22(27-4)13-11-19;/h6-13,18H,5,14-17H2,1-4H3,(H2,24,25,26);1H. The molecular weight excluding hydrogens is 477 g/mol. The van der Waals surface area contributed by atoms with Crippen LogP contribution in [0.4, 0.5) is 0 Å². The number of aliphatic imine (C=N–C) groups is 1. The molecule has 0 amide bonds. The second kappa shape index (κ2) is 14.2. The highest BCUT2D eigenvalue weighted by Gasteiger charge is 2.07. The predicted molar refractivity (Wildman–Crippen MR) is 131 cm³/mol. The summed E-state index contributed by atoms with van der Waals surface area (Å²) in [6.07, 6.45) is 1.02. The first-order valence-electron chi connectivity index (χ1n) is 9.90. The smallest absolute Gasteiger partial charge is 0.191 e. The van der Waals surface area contributed by atoms with Crippen LogP contribution in [-0.4, -0.2) is 33.3 Å². The molecule has 2 aromatic rings. The van der Waals surface area contributed by atoms with E-state index in [4.69, 9.17) is 9.47 Å². The summed E-state index contributed by atoms with van der Waals surface area (Å²) in [5.41, 5.74) is 3.75. The van der Waals surface area contributed by atoms with Gasteiger partial charge in [-0.15, -0.1) is 24.0 Å². The van der Waals surface area contributed by atoms with Gasteiger partial charge < -0.3 is 20.1 Å².